The maximum Gasteiger partial charge on any atom is 0.342 e. The largest absolute Gasteiger partial charge is 0.477 e. The second kappa shape index (κ2) is 5.19. The molecule has 1 rings (SSSR count). The molecular weight excluding hydrogens is 238 g/mol. The lowest BCUT2D eigenvalue weighted by Gasteiger charge is -2.07. The van der Waals surface area contributed by atoms with Crippen LogP contribution in [0.15, 0.2) is 18.2 Å². The summed E-state index contributed by atoms with van der Waals surface area (Å²) in [5.41, 5.74) is -1.51. The Hall–Kier alpha value is -2.25. The van der Waals surface area contributed by atoms with Gasteiger partial charge in [0.1, 0.15) is 11.3 Å². The molecule has 17 heavy (non-hydrogen) atoms. The second-order valence-corrected chi connectivity index (χ2v) is 3.04. The topological polar surface area (TPSA) is 92.5 Å². The van der Waals surface area contributed by atoms with Crippen LogP contribution in [0.3, 0.4) is 0 Å². The number of nitrogens with zero attached hydrogens (tertiary/aromatic N) is 1. The van der Waals surface area contributed by atoms with E-state index in [2.05, 4.69) is 5.32 Å². The highest BCUT2D eigenvalue weighted by Crippen LogP contribution is 2.28. The Morgan fingerprint density at radius 2 is 2.18 bits per heavy atom. The van der Waals surface area contributed by atoms with Crippen molar-refractivity contribution in [3.63, 3.8) is 0 Å². The SMILES string of the molecule is O=C(O)c1cccc(NCC(F)F)c1[N+](=O)[O-]. The van der Waals surface area contributed by atoms with E-state index in [9.17, 15) is 23.7 Å². The monoisotopic (exact) mass is 246 g/mol. The molecule has 6 nitrogen and oxygen atoms in total. The fourth-order valence-electron chi connectivity index (χ4n) is 1.24. The fourth-order valence-corrected chi connectivity index (χ4v) is 1.24. The molecule has 0 aromatic heterocycles. The van der Waals surface area contributed by atoms with Gasteiger partial charge in [0, 0.05) is 0 Å². The van der Waals surface area contributed by atoms with Crippen LogP contribution in [0.5, 0.6) is 0 Å². The maximum atomic E-state index is 12.0. The predicted molar refractivity (Wildman–Crippen MR) is 54.5 cm³/mol. The number of benzene rings is 1. The first-order valence-electron chi connectivity index (χ1n) is 4.46. The quantitative estimate of drug-likeness (QED) is 0.612. The van der Waals surface area contributed by atoms with Gasteiger partial charge in [-0.25, -0.2) is 13.6 Å². The summed E-state index contributed by atoms with van der Waals surface area (Å²) in [6.07, 6.45) is -2.69. The first kappa shape index (κ1) is 12.8. The number of para-hydroxylation sites is 1. The number of anilines is 1. The van der Waals surface area contributed by atoms with Crippen LogP contribution >= 0.6 is 0 Å². The number of carboxylic acids is 1. The number of nitro groups is 1. The van der Waals surface area contributed by atoms with Gasteiger partial charge < -0.3 is 10.4 Å². The number of halogens is 2. The first-order chi connectivity index (χ1) is 7.93. The smallest absolute Gasteiger partial charge is 0.342 e. The Labute approximate surface area is 94.0 Å². The van der Waals surface area contributed by atoms with Crippen LogP contribution in [0.25, 0.3) is 0 Å². The third-order valence-electron chi connectivity index (χ3n) is 1.90. The van der Waals surface area contributed by atoms with Gasteiger partial charge in [0.2, 0.25) is 0 Å². The summed E-state index contributed by atoms with van der Waals surface area (Å²) in [5, 5.41) is 21.6. The summed E-state index contributed by atoms with van der Waals surface area (Å²) >= 11 is 0. The molecule has 8 heteroatoms. The molecule has 0 aliphatic heterocycles. The highest BCUT2D eigenvalue weighted by Gasteiger charge is 2.24. The summed E-state index contributed by atoms with van der Waals surface area (Å²) in [6.45, 7) is -0.788. The molecule has 0 saturated heterocycles. The van der Waals surface area contributed by atoms with E-state index >= 15 is 0 Å². The van der Waals surface area contributed by atoms with Crippen LogP contribution in [0.1, 0.15) is 10.4 Å². The number of nitrogens with one attached hydrogen (secondary N) is 1. The molecule has 0 fully saturated rings. The van der Waals surface area contributed by atoms with E-state index in [0.717, 1.165) is 6.07 Å². The lowest BCUT2D eigenvalue weighted by Crippen LogP contribution is -2.13. The molecule has 0 heterocycles. The second-order valence-electron chi connectivity index (χ2n) is 3.04. The van der Waals surface area contributed by atoms with Crippen LogP contribution in [0, 0.1) is 10.1 Å². The third-order valence-corrected chi connectivity index (χ3v) is 1.90. The molecule has 1 aromatic carbocycles. The van der Waals surface area contributed by atoms with E-state index in [0.29, 0.717) is 0 Å². The first-order valence-corrected chi connectivity index (χ1v) is 4.46. The molecule has 92 valence electrons. The van der Waals surface area contributed by atoms with Crippen LogP contribution in [0.4, 0.5) is 20.2 Å². The Balaban J connectivity index is 3.16. The number of nitro benzene ring substituents is 1. The Morgan fingerprint density at radius 1 is 1.53 bits per heavy atom. The lowest BCUT2D eigenvalue weighted by molar-refractivity contribution is -0.384. The molecule has 0 atom stereocenters. The zero-order valence-electron chi connectivity index (χ0n) is 8.39. The number of alkyl halides is 2. The highest BCUT2D eigenvalue weighted by molar-refractivity contribution is 5.95. The number of aromatic carboxylic acids is 1. The number of rotatable bonds is 5. The summed E-state index contributed by atoms with van der Waals surface area (Å²) in [7, 11) is 0. The van der Waals surface area contributed by atoms with Crippen LogP contribution in [0.2, 0.25) is 0 Å². The summed E-state index contributed by atoms with van der Waals surface area (Å²) < 4.78 is 23.9. The molecule has 0 aliphatic rings. The average molecular weight is 246 g/mol. The van der Waals surface area contributed by atoms with E-state index in [4.69, 9.17) is 5.11 Å². The van der Waals surface area contributed by atoms with Gasteiger partial charge in [-0.05, 0) is 12.1 Å². The zero-order valence-corrected chi connectivity index (χ0v) is 8.39. The summed E-state index contributed by atoms with van der Waals surface area (Å²) in [5.74, 6) is -1.49. The zero-order chi connectivity index (χ0) is 13.0. The molecule has 0 amide bonds. The number of hydrogen-bond donors (Lipinski definition) is 2. The minimum Gasteiger partial charge on any atom is -0.477 e. The van der Waals surface area contributed by atoms with Crippen molar-refractivity contribution in [2.45, 2.75) is 6.43 Å². The predicted octanol–water partition coefficient (Wildman–Crippen LogP) is 1.97. The molecule has 2 N–H and O–H groups in total. The van der Waals surface area contributed by atoms with Gasteiger partial charge in [0.05, 0.1) is 11.5 Å². The Morgan fingerprint density at radius 3 is 2.65 bits per heavy atom. The minimum atomic E-state index is -2.69. The van der Waals surface area contributed by atoms with Crippen molar-refractivity contribution in [3.05, 3.63) is 33.9 Å². The standard InChI is InChI=1S/C9H8F2N2O4/c10-7(11)4-12-6-3-1-2-5(9(14)15)8(6)13(16)17/h1-3,7,12H,4H2,(H,14,15). The lowest BCUT2D eigenvalue weighted by atomic mass is 10.1. The minimum absolute atomic E-state index is 0.241. The summed E-state index contributed by atoms with van der Waals surface area (Å²) in [6, 6.07) is 3.45. The Kier molecular flexibility index (Phi) is 3.91. The molecule has 0 bridgehead atoms. The number of hydrogen-bond acceptors (Lipinski definition) is 4. The van der Waals surface area contributed by atoms with Gasteiger partial charge in [0.25, 0.3) is 6.43 Å². The van der Waals surface area contributed by atoms with Crippen molar-refractivity contribution in [1.82, 2.24) is 0 Å². The van der Waals surface area contributed by atoms with Gasteiger partial charge in [-0.15, -0.1) is 0 Å². The highest BCUT2D eigenvalue weighted by atomic mass is 19.3. The van der Waals surface area contributed by atoms with Crippen LogP contribution < -0.4 is 5.32 Å². The van der Waals surface area contributed by atoms with Gasteiger partial charge >= 0.3 is 11.7 Å². The molecule has 1 aromatic rings. The molecule has 0 unspecified atom stereocenters. The normalized spacial score (nSPS) is 10.3. The molecule has 0 radical (unpaired) electrons. The van der Waals surface area contributed by atoms with Crippen molar-refractivity contribution in [2.75, 3.05) is 11.9 Å². The molecule has 0 aliphatic carbocycles. The van der Waals surface area contributed by atoms with Crippen molar-refractivity contribution in [2.24, 2.45) is 0 Å². The van der Waals surface area contributed by atoms with E-state index in [1.807, 2.05) is 0 Å². The fraction of sp³-hybridized carbons (Fsp3) is 0.222. The van der Waals surface area contributed by atoms with Gasteiger partial charge in [-0.2, -0.15) is 0 Å². The third kappa shape index (κ3) is 3.10. The van der Waals surface area contributed by atoms with Crippen LogP contribution in [-0.4, -0.2) is 29.0 Å². The molecule has 0 spiro atoms. The van der Waals surface area contributed by atoms with Gasteiger partial charge in [0.15, 0.2) is 0 Å². The van der Waals surface area contributed by atoms with Crippen molar-refractivity contribution in [1.29, 1.82) is 0 Å². The molecular formula is C9H8F2N2O4. The van der Waals surface area contributed by atoms with Crippen molar-refractivity contribution < 1.29 is 23.6 Å². The maximum absolute atomic E-state index is 12.0. The van der Waals surface area contributed by atoms with E-state index in [1.165, 1.54) is 12.1 Å². The van der Waals surface area contributed by atoms with E-state index in [-0.39, 0.29) is 5.69 Å². The van der Waals surface area contributed by atoms with Crippen LogP contribution in [-0.2, 0) is 0 Å². The van der Waals surface area contributed by atoms with Gasteiger partial charge in [-0.3, -0.25) is 10.1 Å². The van der Waals surface area contributed by atoms with Crippen molar-refractivity contribution in [3.8, 4) is 0 Å². The number of carbonyl (C=O) groups is 1. The van der Waals surface area contributed by atoms with Gasteiger partial charge in [-0.1, -0.05) is 6.07 Å². The Bertz CT molecular complexity index is 451. The van der Waals surface area contributed by atoms with E-state index < -0.39 is 35.1 Å². The number of carboxylic acid groups (broad SMARTS) is 1. The van der Waals surface area contributed by atoms with Crippen molar-refractivity contribution >= 4 is 17.3 Å². The molecule has 0 saturated carbocycles. The summed E-state index contributed by atoms with van der Waals surface area (Å²) in [4.78, 5) is 20.5. The average Bonchev–Trinajstić information content (AvgIpc) is 2.25. The van der Waals surface area contributed by atoms with E-state index in [1.54, 1.807) is 0 Å².